The summed E-state index contributed by atoms with van der Waals surface area (Å²) < 4.78 is 7.84. The van der Waals surface area contributed by atoms with E-state index in [4.69, 9.17) is 15.5 Å². The topological polar surface area (TPSA) is 83.0 Å². The molecule has 0 saturated carbocycles. The molecule has 1 unspecified atom stereocenters. The summed E-state index contributed by atoms with van der Waals surface area (Å²) in [6.45, 7) is 4.99. The number of nitrogens with zero attached hydrogens (tertiary/aromatic N) is 3. The third-order valence-corrected chi connectivity index (χ3v) is 8.10. The first kappa shape index (κ1) is 19.9. The SMILES string of the molecule is COCC[S+](C)c1sc2nc(-c3cc(=O)n(C)cn3)cc(C(C)C)c2c1N. The maximum Gasteiger partial charge on any atom is 0.253 e. The van der Waals surface area contributed by atoms with Gasteiger partial charge in [0.2, 0.25) is 4.21 Å². The van der Waals surface area contributed by atoms with Crippen molar-refractivity contribution in [2.75, 3.05) is 31.5 Å². The molecule has 3 rings (SSSR count). The number of thiophene rings is 1. The molecular weight excluding hydrogens is 380 g/mol. The summed E-state index contributed by atoms with van der Waals surface area (Å²) in [4.78, 5) is 22.1. The van der Waals surface area contributed by atoms with E-state index in [9.17, 15) is 4.79 Å². The highest BCUT2D eigenvalue weighted by atomic mass is 32.2. The number of fused-ring (bicyclic) bond motifs is 1. The Bertz CT molecular complexity index is 1030. The smallest absolute Gasteiger partial charge is 0.253 e. The minimum absolute atomic E-state index is 0.00269. The summed E-state index contributed by atoms with van der Waals surface area (Å²) in [6, 6.07) is 3.55. The highest BCUT2D eigenvalue weighted by Gasteiger charge is 2.27. The molecule has 3 heterocycles. The van der Waals surface area contributed by atoms with Crippen molar-refractivity contribution in [3.63, 3.8) is 0 Å². The van der Waals surface area contributed by atoms with Gasteiger partial charge in [-0.15, -0.1) is 0 Å². The summed E-state index contributed by atoms with van der Waals surface area (Å²) in [6.07, 6.45) is 3.72. The first-order valence-electron chi connectivity index (χ1n) is 8.71. The van der Waals surface area contributed by atoms with Gasteiger partial charge >= 0.3 is 0 Å². The number of ether oxygens (including phenoxy) is 1. The lowest BCUT2D eigenvalue weighted by molar-refractivity contribution is 0.218. The fourth-order valence-electron chi connectivity index (χ4n) is 2.88. The Balaban J connectivity index is 2.18. The van der Waals surface area contributed by atoms with Crippen LogP contribution in [-0.2, 0) is 22.7 Å². The number of methoxy groups -OCH3 is 1. The van der Waals surface area contributed by atoms with Gasteiger partial charge < -0.3 is 15.0 Å². The van der Waals surface area contributed by atoms with E-state index < -0.39 is 0 Å². The van der Waals surface area contributed by atoms with Gasteiger partial charge in [0.1, 0.15) is 22.5 Å². The lowest BCUT2D eigenvalue weighted by Gasteiger charge is -2.10. The molecule has 3 aromatic rings. The maximum absolute atomic E-state index is 12.0. The monoisotopic (exact) mass is 405 g/mol. The van der Waals surface area contributed by atoms with E-state index in [1.165, 1.54) is 21.2 Å². The number of aromatic nitrogens is 3. The molecule has 2 N–H and O–H groups in total. The highest BCUT2D eigenvalue weighted by molar-refractivity contribution is 7.98. The molecule has 0 spiro atoms. The van der Waals surface area contributed by atoms with Crippen LogP contribution in [0.25, 0.3) is 21.6 Å². The molecule has 144 valence electrons. The molecule has 0 aliphatic rings. The summed E-state index contributed by atoms with van der Waals surface area (Å²) >= 11 is 1.64. The van der Waals surface area contributed by atoms with Crippen molar-refractivity contribution < 1.29 is 4.74 Å². The molecule has 1 atom stereocenters. The molecule has 0 aromatic carbocycles. The van der Waals surface area contributed by atoms with Gasteiger partial charge in [-0.1, -0.05) is 25.2 Å². The van der Waals surface area contributed by atoms with Crippen LogP contribution in [0.1, 0.15) is 25.3 Å². The normalized spacial score (nSPS) is 12.8. The molecule has 0 aliphatic heterocycles. The Morgan fingerprint density at radius 3 is 2.70 bits per heavy atom. The zero-order valence-electron chi connectivity index (χ0n) is 16.3. The number of pyridine rings is 1. The molecule has 8 heteroatoms. The number of rotatable bonds is 6. The summed E-state index contributed by atoms with van der Waals surface area (Å²) in [5.74, 6) is 1.22. The second-order valence-electron chi connectivity index (χ2n) is 6.79. The van der Waals surface area contributed by atoms with Gasteiger partial charge in [-0.25, -0.2) is 9.97 Å². The predicted molar refractivity (Wildman–Crippen MR) is 115 cm³/mol. The van der Waals surface area contributed by atoms with E-state index in [0.717, 1.165) is 27.2 Å². The Morgan fingerprint density at radius 1 is 1.33 bits per heavy atom. The maximum atomic E-state index is 12.0. The predicted octanol–water partition coefficient (Wildman–Crippen LogP) is 3.02. The summed E-state index contributed by atoms with van der Waals surface area (Å²) in [5.41, 5.74) is 9.72. The Labute approximate surface area is 165 Å². The molecular formula is C19H25N4O2S2+. The third-order valence-electron chi connectivity index (χ3n) is 4.47. The first-order valence-corrected chi connectivity index (χ1v) is 11.3. The first-order chi connectivity index (χ1) is 12.8. The molecule has 6 nitrogen and oxygen atoms in total. The van der Waals surface area contributed by atoms with Gasteiger partial charge in [-0.05, 0) is 17.5 Å². The van der Waals surface area contributed by atoms with Gasteiger partial charge in [0.15, 0.2) is 0 Å². The quantitative estimate of drug-likeness (QED) is 0.638. The largest absolute Gasteiger partial charge is 0.393 e. The molecule has 0 amide bonds. The number of nitrogens with two attached hydrogens (primary N) is 1. The minimum Gasteiger partial charge on any atom is -0.393 e. The second-order valence-corrected chi connectivity index (χ2v) is 10.1. The number of aryl methyl sites for hydroxylation is 1. The molecule has 0 saturated heterocycles. The number of anilines is 1. The zero-order chi connectivity index (χ0) is 19.7. The fourth-order valence-corrected chi connectivity index (χ4v) is 5.88. The van der Waals surface area contributed by atoms with E-state index in [2.05, 4.69) is 25.1 Å². The van der Waals surface area contributed by atoms with Crippen molar-refractivity contribution in [1.82, 2.24) is 14.5 Å². The van der Waals surface area contributed by atoms with E-state index in [1.54, 1.807) is 25.5 Å². The van der Waals surface area contributed by atoms with Gasteiger partial charge in [-0.2, -0.15) is 0 Å². The Morgan fingerprint density at radius 2 is 2.07 bits per heavy atom. The lowest BCUT2D eigenvalue weighted by Crippen LogP contribution is -2.16. The Hall–Kier alpha value is -1.90. The summed E-state index contributed by atoms with van der Waals surface area (Å²) in [7, 11) is 3.40. The minimum atomic E-state index is -0.103. The zero-order valence-corrected chi connectivity index (χ0v) is 17.9. The van der Waals surface area contributed by atoms with Gasteiger partial charge in [0, 0.05) is 36.5 Å². The van der Waals surface area contributed by atoms with E-state index in [0.29, 0.717) is 18.0 Å². The van der Waals surface area contributed by atoms with Crippen molar-refractivity contribution in [2.24, 2.45) is 7.05 Å². The van der Waals surface area contributed by atoms with Crippen LogP contribution in [-0.4, -0.2) is 40.3 Å². The van der Waals surface area contributed by atoms with Crippen molar-refractivity contribution in [1.29, 1.82) is 0 Å². The van der Waals surface area contributed by atoms with Crippen LogP contribution in [0.3, 0.4) is 0 Å². The van der Waals surface area contributed by atoms with Gasteiger partial charge in [-0.3, -0.25) is 4.79 Å². The van der Waals surface area contributed by atoms with Crippen molar-refractivity contribution in [2.45, 2.75) is 24.0 Å². The van der Waals surface area contributed by atoms with Crippen molar-refractivity contribution in [3.8, 4) is 11.4 Å². The Kier molecular flexibility index (Phi) is 5.88. The molecule has 0 aliphatic carbocycles. The van der Waals surface area contributed by atoms with Gasteiger partial charge in [0.25, 0.3) is 5.56 Å². The van der Waals surface area contributed by atoms with Crippen LogP contribution in [0.4, 0.5) is 5.69 Å². The molecule has 0 bridgehead atoms. The molecule has 0 fully saturated rings. The van der Waals surface area contributed by atoms with Crippen molar-refractivity contribution in [3.05, 3.63) is 34.4 Å². The second kappa shape index (κ2) is 8.00. The third kappa shape index (κ3) is 3.88. The van der Waals surface area contributed by atoms with E-state index in [-0.39, 0.29) is 22.4 Å². The van der Waals surface area contributed by atoms with Crippen molar-refractivity contribution >= 4 is 38.1 Å². The average Bonchev–Trinajstić information content (AvgIpc) is 2.98. The van der Waals surface area contributed by atoms with Gasteiger partial charge in [0.05, 0.1) is 24.3 Å². The van der Waals surface area contributed by atoms with Crippen LogP contribution >= 0.6 is 11.3 Å². The summed E-state index contributed by atoms with van der Waals surface area (Å²) in [5, 5.41) is 1.04. The van der Waals surface area contributed by atoms with Crippen LogP contribution in [0.5, 0.6) is 0 Å². The lowest BCUT2D eigenvalue weighted by atomic mass is 9.99. The van der Waals surface area contributed by atoms with Crippen LogP contribution < -0.4 is 11.3 Å². The molecule has 3 aromatic heterocycles. The van der Waals surface area contributed by atoms with Crippen LogP contribution in [0, 0.1) is 0 Å². The van der Waals surface area contributed by atoms with Crippen LogP contribution in [0.2, 0.25) is 0 Å². The highest BCUT2D eigenvalue weighted by Crippen LogP contribution is 2.41. The number of hydrogen-bond donors (Lipinski definition) is 1. The average molecular weight is 406 g/mol. The van der Waals surface area contributed by atoms with E-state index >= 15 is 0 Å². The van der Waals surface area contributed by atoms with Crippen LogP contribution in [0.15, 0.2) is 27.5 Å². The molecule has 0 radical (unpaired) electrons. The number of hydrogen-bond acceptors (Lipinski definition) is 6. The van der Waals surface area contributed by atoms with E-state index in [1.807, 2.05) is 6.07 Å². The standard InChI is InChI=1S/C19H25N4O2S2/c1-11(2)12-8-14(13-9-15(24)23(3)10-21-13)22-18-16(12)17(20)19(26-18)27(5)7-6-25-4/h8-11H,6-7,20H2,1-5H3/q+1. The molecule has 27 heavy (non-hydrogen) atoms. The number of nitrogen functional groups attached to an aromatic ring is 1. The fraction of sp³-hybridized carbons (Fsp3) is 0.421.